The highest BCUT2D eigenvalue weighted by molar-refractivity contribution is 9.10. The van der Waals surface area contributed by atoms with Crippen molar-refractivity contribution in [2.75, 3.05) is 5.73 Å². The number of aromatic nitrogens is 1. The van der Waals surface area contributed by atoms with Gasteiger partial charge in [0, 0.05) is 11.9 Å². The zero-order valence-corrected chi connectivity index (χ0v) is 11.3. The molecule has 0 saturated carbocycles. The van der Waals surface area contributed by atoms with Gasteiger partial charge in [-0.25, -0.2) is 9.37 Å². The van der Waals surface area contributed by atoms with Crippen molar-refractivity contribution < 1.29 is 4.39 Å². The van der Waals surface area contributed by atoms with Crippen molar-refractivity contribution in [1.82, 2.24) is 4.98 Å². The van der Waals surface area contributed by atoms with Crippen molar-refractivity contribution in [1.29, 1.82) is 0 Å². The molecular weight excluding hydrogens is 303 g/mol. The number of halogens is 2. The Balaban J connectivity index is 2.13. The van der Waals surface area contributed by atoms with Gasteiger partial charge in [0.05, 0.1) is 10.2 Å². The lowest BCUT2D eigenvalue weighted by Crippen LogP contribution is -1.92. The molecule has 0 unspecified atom stereocenters. The Labute approximate surface area is 112 Å². The number of rotatable bonds is 3. The zero-order chi connectivity index (χ0) is 12.3. The van der Waals surface area contributed by atoms with Crippen LogP contribution in [-0.2, 0) is 5.75 Å². The predicted octanol–water partition coefficient (Wildman–Crippen LogP) is 3.86. The molecule has 2 aromatic rings. The van der Waals surface area contributed by atoms with E-state index < -0.39 is 0 Å². The molecule has 0 aliphatic rings. The Morgan fingerprint density at radius 2 is 2.12 bits per heavy atom. The molecule has 0 saturated heterocycles. The number of anilines is 1. The maximum atomic E-state index is 13.3. The van der Waals surface area contributed by atoms with Crippen molar-refractivity contribution >= 4 is 33.4 Å². The summed E-state index contributed by atoms with van der Waals surface area (Å²) in [5.74, 6) is 0.372. The van der Waals surface area contributed by atoms with Gasteiger partial charge in [-0.3, -0.25) is 0 Å². The first-order chi connectivity index (χ1) is 8.18. The topological polar surface area (TPSA) is 38.9 Å². The minimum Gasteiger partial charge on any atom is -0.397 e. The van der Waals surface area contributed by atoms with E-state index in [9.17, 15) is 4.39 Å². The fourth-order valence-corrected chi connectivity index (χ4v) is 2.82. The molecule has 0 radical (unpaired) electrons. The predicted molar refractivity (Wildman–Crippen MR) is 72.3 cm³/mol. The average Bonchev–Trinajstić information content (AvgIpc) is 2.33. The summed E-state index contributed by atoms with van der Waals surface area (Å²) in [7, 11) is 0. The maximum absolute atomic E-state index is 13.3. The third-order valence-corrected chi connectivity index (χ3v) is 4.15. The molecule has 0 aliphatic heterocycles. The lowest BCUT2D eigenvalue weighted by molar-refractivity contribution is 0.619. The minimum atomic E-state index is -0.253. The van der Waals surface area contributed by atoms with Crippen LogP contribution in [0, 0.1) is 5.82 Å². The van der Waals surface area contributed by atoms with Gasteiger partial charge in [-0.05, 0) is 39.7 Å². The number of hydrogen-bond donors (Lipinski definition) is 1. The molecule has 0 amide bonds. The van der Waals surface area contributed by atoms with E-state index in [-0.39, 0.29) is 5.82 Å². The normalized spacial score (nSPS) is 10.5. The lowest BCUT2D eigenvalue weighted by Gasteiger charge is -2.06. The highest BCUT2D eigenvalue weighted by atomic mass is 79.9. The molecule has 0 aliphatic carbocycles. The van der Waals surface area contributed by atoms with Gasteiger partial charge < -0.3 is 5.73 Å². The Morgan fingerprint density at radius 3 is 2.88 bits per heavy atom. The molecule has 2 N–H and O–H groups in total. The van der Waals surface area contributed by atoms with E-state index in [1.54, 1.807) is 24.4 Å². The SMILES string of the molecule is Nc1cccnc1SCc1cccc(F)c1Br. The zero-order valence-electron chi connectivity index (χ0n) is 8.86. The largest absolute Gasteiger partial charge is 0.397 e. The second-order valence-corrected chi connectivity index (χ2v) is 5.16. The van der Waals surface area contributed by atoms with Crippen molar-refractivity contribution in [3.63, 3.8) is 0 Å². The summed E-state index contributed by atoms with van der Waals surface area (Å²) >= 11 is 4.72. The average molecular weight is 313 g/mol. The van der Waals surface area contributed by atoms with E-state index in [2.05, 4.69) is 20.9 Å². The van der Waals surface area contributed by atoms with E-state index in [1.165, 1.54) is 17.8 Å². The Bertz CT molecular complexity index is 534. The van der Waals surface area contributed by atoms with E-state index in [0.717, 1.165) is 10.6 Å². The molecule has 1 aromatic carbocycles. The molecule has 5 heteroatoms. The summed E-state index contributed by atoms with van der Waals surface area (Å²) < 4.78 is 13.8. The highest BCUT2D eigenvalue weighted by Gasteiger charge is 2.07. The molecule has 0 fully saturated rings. The molecule has 1 heterocycles. The summed E-state index contributed by atoms with van der Waals surface area (Å²) in [6.45, 7) is 0. The smallest absolute Gasteiger partial charge is 0.137 e. The van der Waals surface area contributed by atoms with Gasteiger partial charge in [-0.1, -0.05) is 23.9 Å². The van der Waals surface area contributed by atoms with Crippen LogP contribution in [0.15, 0.2) is 46.0 Å². The monoisotopic (exact) mass is 312 g/mol. The number of nitrogens with two attached hydrogens (primary N) is 1. The van der Waals surface area contributed by atoms with Gasteiger partial charge in [-0.15, -0.1) is 0 Å². The number of benzene rings is 1. The van der Waals surface area contributed by atoms with E-state index in [0.29, 0.717) is 15.9 Å². The minimum absolute atomic E-state index is 0.253. The third kappa shape index (κ3) is 2.98. The van der Waals surface area contributed by atoms with Gasteiger partial charge in [0.1, 0.15) is 10.8 Å². The molecule has 0 bridgehead atoms. The maximum Gasteiger partial charge on any atom is 0.137 e. The molecule has 17 heavy (non-hydrogen) atoms. The number of nitrogens with zero attached hydrogens (tertiary/aromatic N) is 1. The summed E-state index contributed by atoms with van der Waals surface area (Å²) in [6, 6.07) is 8.58. The van der Waals surface area contributed by atoms with Crippen molar-refractivity contribution in [2.45, 2.75) is 10.8 Å². The Morgan fingerprint density at radius 1 is 1.29 bits per heavy atom. The van der Waals surface area contributed by atoms with Gasteiger partial charge >= 0.3 is 0 Å². The molecule has 0 atom stereocenters. The van der Waals surface area contributed by atoms with Gasteiger partial charge in [-0.2, -0.15) is 0 Å². The Hall–Kier alpha value is -1.07. The standard InChI is InChI=1S/C12H10BrFN2S/c13-11-8(3-1-4-9(11)14)7-17-12-10(15)5-2-6-16-12/h1-6H,7,15H2. The summed E-state index contributed by atoms with van der Waals surface area (Å²) in [5.41, 5.74) is 7.32. The van der Waals surface area contributed by atoms with Crippen LogP contribution in [0.5, 0.6) is 0 Å². The lowest BCUT2D eigenvalue weighted by atomic mass is 10.2. The molecule has 2 rings (SSSR count). The van der Waals surface area contributed by atoms with Crippen LogP contribution >= 0.6 is 27.7 Å². The van der Waals surface area contributed by atoms with Crippen LogP contribution in [-0.4, -0.2) is 4.98 Å². The first-order valence-corrected chi connectivity index (χ1v) is 6.72. The van der Waals surface area contributed by atoms with Gasteiger partial charge in [0.2, 0.25) is 0 Å². The van der Waals surface area contributed by atoms with Crippen molar-refractivity contribution in [3.05, 3.63) is 52.4 Å². The fourth-order valence-electron chi connectivity index (χ4n) is 1.33. The van der Waals surface area contributed by atoms with Crippen LogP contribution in [0.4, 0.5) is 10.1 Å². The summed E-state index contributed by atoms with van der Waals surface area (Å²) in [4.78, 5) is 4.17. The van der Waals surface area contributed by atoms with Crippen molar-refractivity contribution in [3.8, 4) is 0 Å². The van der Waals surface area contributed by atoms with Crippen LogP contribution < -0.4 is 5.73 Å². The second kappa shape index (κ2) is 5.51. The molecular formula is C12H10BrFN2S. The van der Waals surface area contributed by atoms with Crippen LogP contribution in [0.2, 0.25) is 0 Å². The van der Waals surface area contributed by atoms with Crippen LogP contribution in [0.1, 0.15) is 5.56 Å². The number of pyridine rings is 1. The van der Waals surface area contributed by atoms with Crippen molar-refractivity contribution in [2.24, 2.45) is 0 Å². The molecule has 1 aromatic heterocycles. The Kier molecular flexibility index (Phi) is 4.02. The molecule has 0 spiro atoms. The molecule has 2 nitrogen and oxygen atoms in total. The number of nitrogen functional groups attached to an aromatic ring is 1. The first-order valence-electron chi connectivity index (χ1n) is 4.94. The number of hydrogen-bond acceptors (Lipinski definition) is 3. The highest BCUT2D eigenvalue weighted by Crippen LogP contribution is 2.29. The quantitative estimate of drug-likeness (QED) is 0.875. The van der Waals surface area contributed by atoms with Gasteiger partial charge in [0.25, 0.3) is 0 Å². The van der Waals surface area contributed by atoms with Crippen LogP contribution in [0.3, 0.4) is 0 Å². The number of thioether (sulfide) groups is 1. The first kappa shape index (κ1) is 12.4. The molecule has 88 valence electrons. The summed E-state index contributed by atoms with van der Waals surface area (Å²) in [6.07, 6.45) is 1.69. The van der Waals surface area contributed by atoms with Gasteiger partial charge in [0.15, 0.2) is 0 Å². The van der Waals surface area contributed by atoms with E-state index >= 15 is 0 Å². The van der Waals surface area contributed by atoms with Crippen LogP contribution in [0.25, 0.3) is 0 Å². The summed E-state index contributed by atoms with van der Waals surface area (Å²) in [5, 5.41) is 0.767. The van der Waals surface area contributed by atoms with E-state index in [4.69, 9.17) is 5.73 Å². The van der Waals surface area contributed by atoms with E-state index in [1.807, 2.05) is 6.07 Å². The third-order valence-electron chi connectivity index (χ3n) is 2.20. The second-order valence-electron chi connectivity index (χ2n) is 3.40. The fraction of sp³-hybridized carbons (Fsp3) is 0.0833.